The minimum absolute atomic E-state index is 0.298. The van der Waals surface area contributed by atoms with Gasteiger partial charge in [-0.05, 0) is 43.7 Å². The van der Waals surface area contributed by atoms with Crippen LogP contribution in [-0.4, -0.2) is 48.5 Å². The topological polar surface area (TPSA) is 58.5 Å². The van der Waals surface area contributed by atoms with Gasteiger partial charge in [0.25, 0.3) is 0 Å². The van der Waals surface area contributed by atoms with E-state index >= 15 is 0 Å². The highest BCUT2D eigenvalue weighted by Crippen LogP contribution is 2.35. The number of hydrogen-bond donors (Lipinski definition) is 1. The molecule has 0 bridgehead atoms. The number of thioether (sulfide) groups is 1. The standard InChI is InChI=1S/C20H24BrN3O2S2/c1-12-13(2)28-20-18(12)19(24(3)9-15(25)10-26-4)22-17(23-20)11-27-16-7-5-14(21)6-8-16/h5-8,15,25H,9-11H2,1-4H3/t15-/m1/s1. The van der Waals surface area contributed by atoms with Gasteiger partial charge in [0.2, 0.25) is 0 Å². The van der Waals surface area contributed by atoms with Gasteiger partial charge in [0.15, 0.2) is 0 Å². The van der Waals surface area contributed by atoms with Crippen LogP contribution in [0.4, 0.5) is 5.82 Å². The molecule has 5 nitrogen and oxygen atoms in total. The first kappa shape index (κ1) is 21.5. The van der Waals surface area contributed by atoms with E-state index in [1.165, 1.54) is 15.3 Å². The second kappa shape index (κ2) is 9.54. The monoisotopic (exact) mass is 481 g/mol. The van der Waals surface area contributed by atoms with Crippen LogP contribution >= 0.6 is 39.0 Å². The van der Waals surface area contributed by atoms with Gasteiger partial charge in [-0.2, -0.15) is 0 Å². The van der Waals surface area contributed by atoms with Gasteiger partial charge in [-0.1, -0.05) is 15.9 Å². The minimum Gasteiger partial charge on any atom is -0.389 e. The molecule has 150 valence electrons. The quantitative estimate of drug-likeness (QED) is 0.466. The SMILES string of the molecule is COC[C@H](O)CN(C)c1nc(CSc2ccc(Br)cc2)nc2sc(C)c(C)c12. The number of aryl methyl sites for hydroxylation is 2. The number of halogens is 1. The van der Waals surface area contributed by atoms with Crippen molar-refractivity contribution >= 4 is 55.1 Å². The molecule has 8 heteroatoms. The van der Waals surface area contributed by atoms with E-state index in [-0.39, 0.29) is 0 Å². The van der Waals surface area contributed by atoms with Crippen LogP contribution in [0.15, 0.2) is 33.6 Å². The Hall–Kier alpha value is -1.19. The first-order valence-corrected chi connectivity index (χ1v) is 11.5. The van der Waals surface area contributed by atoms with Crippen LogP contribution in [0.3, 0.4) is 0 Å². The maximum atomic E-state index is 10.2. The fourth-order valence-corrected chi connectivity index (χ4v) is 5.00. The lowest BCUT2D eigenvalue weighted by Gasteiger charge is -2.23. The summed E-state index contributed by atoms with van der Waals surface area (Å²) in [5.74, 6) is 2.35. The highest BCUT2D eigenvalue weighted by atomic mass is 79.9. The van der Waals surface area contributed by atoms with Gasteiger partial charge in [-0.15, -0.1) is 23.1 Å². The average molecular weight is 482 g/mol. The number of fused-ring (bicyclic) bond motifs is 1. The molecular formula is C20H24BrN3O2S2. The van der Waals surface area contributed by atoms with E-state index in [1.807, 2.05) is 24.1 Å². The van der Waals surface area contributed by atoms with Crippen molar-refractivity contribution in [2.45, 2.75) is 30.6 Å². The second-order valence-electron chi connectivity index (χ2n) is 6.66. The molecule has 0 fully saturated rings. The van der Waals surface area contributed by atoms with Crippen LogP contribution in [0.25, 0.3) is 10.2 Å². The molecule has 0 saturated carbocycles. The zero-order chi connectivity index (χ0) is 20.3. The van der Waals surface area contributed by atoms with E-state index in [0.29, 0.717) is 18.9 Å². The van der Waals surface area contributed by atoms with E-state index < -0.39 is 6.10 Å². The number of hydrogen-bond acceptors (Lipinski definition) is 7. The predicted molar refractivity (Wildman–Crippen MR) is 122 cm³/mol. The predicted octanol–water partition coefficient (Wildman–Crippen LogP) is 4.81. The first-order chi connectivity index (χ1) is 13.4. The van der Waals surface area contributed by atoms with Crippen LogP contribution < -0.4 is 4.90 Å². The molecule has 28 heavy (non-hydrogen) atoms. The molecule has 0 spiro atoms. The molecule has 2 heterocycles. The van der Waals surface area contributed by atoms with Gasteiger partial charge < -0.3 is 14.7 Å². The first-order valence-electron chi connectivity index (χ1n) is 8.92. The minimum atomic E-state index is -0.569. The Bertz CT molecular complexity index is 947. The van der Waals surface area contributed by atoms with Gasteiger partial charge >= 0.3 is 0 Å². The highest BCUT2D eigenvalue weighted by molar-refractivity contribution is 9.10. The third kappa shape index (κ3) is 5.04. The van der Waals surface area contributed by atoms with E-state index in [4.69, 9.17) is 14.7 Å². The van der Waals surface area contributed by atoms with Gasteiger partial charge in [0.1, 0.15) is 16.5 Å². The largest absolute Gasteiger partial charge is 0.389 e. The Balaban J connectivity index is 1.90. The fraction of sp³-hybridized carbons (Fsp3) is 0.400. The average Bonchev–Trinajstić information content (AvgIpc) is 2.94. The number of thiophene rings is 1. The van der Waals surface area contributed by atoms with Gasteiger partial charge in [-0.3, -0.25) is 0 Å². The molecule has 3 aromatic rings. The molecule has 1 atom stereocenters. The van der Waals surface area contributed by atoms with E-state index in [1.54, 1.807) is 30.2 Å². The molecule has 0 aliphatic rings. The summed E-state index contributed by atoms with van der Waals surface area (Å²) in [5, 5.41) is 11.2. The van der Waals surface area contributed by atoms with Crippen LogP contribution in [0.5, 0.6) is 0 Å². The lowest BCUT2D eigenvalue weighted by molar-refractivity contribution is 0.0694. The number of anilines is 1. The lowest BCUT2D eigenvalue weighted by atomic mass is 10.2. The molecule has 0 radical (unpaired) electrons. The highest BCUT2D eigenvalue weighted by Gasteiger charge is 2.19. The zero-order valence-corrected chi connectivity index (χ0v) is 19.6. The van der Waals surface area contributed by atoms with Crippen molar-refractivity contribution in [2.75, 3.05) is 32.2 Å². The van der Waals surface area contributed by atoms with Crippen molar-refractivity contribution in [3.63, 3.8) is 0 Å². The number of likely N-dealkylation sites (N-methyl/N-ethyl adjacent to an activating group) is 1. The van der Waals surface area contributed by atoms with Crippen LogP contribution in [0.2, 0.25) is 0 Å². The summed E-state index contributed by atoms with van der Waals surface area (Å²) in [7, 11) is 3.55. The molecule has 0 unspecified atom stereocenters. The summed E-state index contributed by atoms with van der Waals surface area (Å²) in [6.07, 6.45) is -0.569. The van der Waals surface area contributed by atoms with Crippen molar-refractivity contribution in [3.05, 3.63) is 45.0 Å². The van der Waals surface area contributed by atoms with E-state index in [9.17, 15) is 5.11 Å². The van der Waals surface area contributed by atoms with Crippen molar-refractivity contribution in [3.8, 4) is 0 Å². The normalized spacial score (nSPS) is 12.5. The Labute approximate surface area is 182 Å². The fourth-order valence-electron chi connectivity index (χ4n) is 2.94. The number of aromatic nitrogens is 2. The van der Waals surface area contributed by atoms with E-state index in [2.05, 4.69) is 41.9 Å². The molecule has 2 aromatic heterocycles. The number of aliphatic hydroxyl groups is 1. The smallest absolute Gasteiger partial charge is 0.142 e. The number of aliphatic hydroxyl groups excluding tert-OH is 1. The Morgan fingerprint density at radius 2 is 1.96 bits per heavy atom. The molecule has 0 saturated heterocycles. The lowest BCUT2D eigenvalue weighted by Crippen LogP contribution is -2.32. The zero-order valence-electron chi connectivity index (χ0n) is 16.4. The summed E-state index contributed by atoms with van der Waals surface area (Å²) in [6.45, 7) is 4.97. The number of methoxy groups -OCH3 is 1. The summed E-state index contributed by atoms with van der Waals surface area (Å²) in [6, 6.07) is 8.24. The van der Waals surface area contributed by atoms with Gasteiger partial charge in [-0.25, -0.2) is 9.97 Å². The van der Waals surface area contributed by atoms with E-state index in [0.717, 1.165) is 26.3 Å². The molecule has 3 rings (SSSR count). The van der Waals surface area contributed by atoms with Crippen LogP contribution in [-0.2, 0) is 10.5 Å². The maximum Gasteiger partial charge on any atom is 0.142 e. The number of rotatable bonds is 8. The van der Waals surface area contributed by atoms with Gasteiger partial charge in [0.05, 0.1) is 23.8 Å². The summed E-state index contributed by atoms with van der Waals surface area (Å²) in [4.78, 5) is 15.1. The molecule has 0 aliphatic heterocycles. The Morgan fingerprint density at radius 1 is 1.25 bits per heavy atom. The van der Waals surface area contributed by atoms with Crippen LogP contribution in [0, 0.1) is 13.8 Å². The summed E-state index contributed by atoms with van der Waals surface area (Å²) in [5.41, 5.74) is 1.20. The maximum absolute atomic E-state index is 10.2. The molecule has 1 N–H and O–H groups in total. The number of benzene rings is 1. The third-order valence-corrected chi connectivity index (χ3v) is 7.08. The summed E-state index contributed by atoms with van der Waals surface area (Å²) >= 11 is 6.88. The number of nitrogens with zero attached hydrogens (tertiary/aromatic N) is 3. The molecule has 0 aliphatic carbocycles. The van der Waals surface area contributed by atoms with Crippen molar-refractivity contribution < 1.29 is 9.84 Å². The third-order valence-electron chi connectivity index (χ3n) is 4.44. The Kier molecular flexibility index (Phi) is 7.33. The van der Waals surface area contributed by atoms with Gasteiger partial charge in [0, 0.05) is 34.9 Å². The van der Waals surface area contributed by atoms with Crippen molar-refractivity contribution in [1.29, 1.82) is 0 Å². The Morgan fingerprint density at radius 3 is 2.64 bits per heavy atom. The van der Waals surface area contributed by atoms with Crippen molar-refractivity contribution in [2.24, 2.45) is 0 Å². The van der Waals surface area contributed by atoms with Crippen molar-refractivity contribution in [1.82, 2.24) is 9.97 Å². The number of ether oxygens (including phenoxy) is 1. The summed E-state index contributed by atoms with van der Waals surface area (Å²) < 4.78 is 6.13. The van der Waals surface area contributed by atoms with Crippen LogP contribution in [0.1, 0.15) is 16.3 Å². The molecular weight excluding hydrogens is 458 g/mol. The molecule has 1 aromatic carbocycles. The molecule has 0 amide bonds. The second-order valence-corrected chi connectivity index (χ2v) is 9.83.